The average Bonchev–Trinajstić information content (AvgIpc) is 3.63. The summed E-state index contributed by atoms with van der Waals surface area (Å²) in [6.07, 6.45) is 0.579. The summed E-state index contributed by atoms with van der Waals surface area (Å²) in [5.41, 5.74) is 3.76. The van der Waals surface area contributed by atoms with E-state index in [1.165, 1.54) is 17.1 Å². The van der Waals surface area contributed by atoms with Crippen LogP contribution in [0, 0.1) is 6.92 Å². The van der Waals surface area contributed by atoms with Crippen LogP contribution in [0.1, 0.15) is 32.9 Å². The molecule has 1 saturated heterocycles. The minimum absolute atomic E-state index is 0.00329. The second-order valence-corrected chi connectivity index (χ2v) is 10.6. The molecule has 2 aliphatic rings. The van der Waals surface area contributed by atoms with Gasteiger partial charge in [-0.1, -0.05) is 24.3 Å². The maximum absolute atomic E-state index is 13.4. The molecule has 0 unspecified atom stereocenters. The smallest absolute Gasteiger partial charge is 0.298 e. The Kier molecular flexibility index (Phi) is 7.52. The fourth-order valence-corrected chi connectivity index (χ4v) is 5.40. The zero-order chi connectivity index (χ0) is 27.5. The van der Waals surface area contributed by atoms with Crippen LogP contribution in [0.4, 0.5) is 0 Å². The number of aryl methyl sites for hydroxylation is 1. The predicted octanol–water partition coefficient (Wildman–Crippen LogP) is 4.92. The summed E-state index contributed by atoms with van der Waals surface area (Å²) in [5, 5.41) is 0.447. The van der Waals surface area contributed by atoms with Crippen LogP contribution in [-0.4, -0.2) is 65.1 Å². The molecule has 0 atom stereocenters. The highest BCUT2D eigenvalue weighted by Gasteiger charge is 2.24. The molecule has 206 valence electrons. The van der Waals surface area contributed by atoms with E-state index in [0.717, 1.165) is 48.0 Å². The van der Waals surface area contributed by atoms with Crippen molar-refractivity contribution in [2.45, 2.75) is 19.9 Å². The number of piperazine rings is 1. The summed E-state index contributed by atoms with van der Waals surface area (Å²) in [6.45, 7) is 5.97. The summed E-state index contributed by atoms with van der Waals surface area (Å²) in [5.74, 6) is 3.68. The molecule has 6 rings (SSSR count). The molecule has 0 saturated carbocycles. The van der Waals surface area contributed by atoms with Crippen LogP contribution in [0.2, 0.25) is 0 Å². The molecule has 0 bridgehead atoms. The molecule has 1 fully saturated rings. The Morgan fingerprint density at radius 2 is 1.82 bits per heavy atom. The van der Waals surface area contributed by atoms with E-state index in [9.17, 15) is 4.79 Å². The minimum Gasteiger partial charge on any atom is -0.497 e. The first-order valence-corrected chi connectivity index (χ1v) is 14.0. The molecule has 9 nitrogen and oxygen atoms in total. The van der Waals surface area contributed by atoms with Gasteiger partial charge < -0.3 is 23.8 Å². The first-order valence-electron chi connectivity index (χ1n) is 13.2. The Morgan fingerprint density at radius 3 is 2.67 bits per heavy atom. The van der Waals surface area contributed by atoms with Gasteiger partial charge in [-0.25, -0.2) is 0 Å². The monoisotopic (exact) mass is 558 g/mol. The molecule has 1 aromatic heterocycles. The number of aromatic nitrogens is 2. The number of nitrogens with zero attached hydrogens (tertiary/aromatic N) is 4. The van der Waals surface area contributed by atoms with E-state index >= 15 is 0 Å². The normalized spacial score (nSPS) is 14.8. The lowest BCUT2D eigenvalue weighted by Gasteiger charge is -2.35. The quantitative estimate of drug-likeness (QED) is 0.301. The van der Waals surface area contributed by atoms with Gasteiger partial charge in [-0.3, -0.25) is 9.69 Å². The fraction of sp³-hybridized carbons (Fsp3) is 0.300. The molecule has 1 amide bonds. The largest absolute Gasteiger partial charge is 0.497 e. The molecule has 40 heavy (non-hydrogen) atoms. The van der Waals surface area contributed by atoms with Crippen LogP contribution < -0.4 is 18.9 Å². The third-order valence-electron chi connectivity index (χ3n) is 7.08. The molecule has 0 spiro atoms. The predicted molar refractivity (Wildman–Crippen MR) is 151 cm³/mol. The Labute approximate surface area is 237 Å². The van der Waals surface area contributed by atoms with Crippen molar-refractivity contribution in [3.05, 3.63) is 88.7 Å². The molecule has 3 heterocycles. The van der Waals surface area contributed by atoms with E-state index in [0.29, 0.717) is 41.8 Å². The number of hydrogen-bond donors (Lipinski definition) is 0. The van der Waals surface area contributed by atoms with Crippen molar-refractivity contribution in [2.24, 2.45) is 0 Å². The first kappa shape index (κ1) is 26.1. The van der Waals surface area contributed by atoms with Crippen LogP contribution in [0.3, 0.4) is 0 Å². The van der Waals surface area contributed by atoms with E-state index < -0.39 is 0 Å². The van der Waals surface area contributed by atoms with Crippen molar-refractivity contribution in [1.82, 2.24) is 19.2 Å². The Bertz CT molecular complexity index is 1520. The van der Waals surface area contributed by atoms with Crippen molar-refractivity contribution < 1.29 is 23.7 Å². The summed E-state index contributed by atoms with van der Waals surface area (Å²) >= 11 is 1.20. The van der Waals surface area contributed by atoms with Crippen molar-refractivity contribution >= 4 is 17.4 Å². The number of amides is 1. The van der Waals surface area contributed by atoms with Crippen LogP contribution >= 0.6 is 11.5 Å². The molecular formula is C30H30N4O5S. The molecular weight excluding hydrogens is 528 g/mol. The van der Waals surface area contributed by atoms with Gasteiger partial charge in [-0.2, -0.15) is 9.36 Å². The maximum atomic E-state index is 13.4. The summed E-state index contributed by atoms with van der Waals surface area (Å²) in [7, 11) is 1.65. The van der Waals surface area contributed by atoms with Gasteiger partial charge in [0, 0.05) is 56.2 Å². The SMILES string of the molecule is COc1cccc(Cc2nsc(Oc3cc(C(=O)N4CCN(Cc5ccc6c(c5)OCO6)CC4)ccc3C)n2)c1. The number of fused-ring (bicyclic) bond motifs is 1. The third-order valence-corrected chi connectivity index (χ3v) is 7.71. The molecule has 0 radical (unpaired) electrons. The molecule has 4 aromatic rings. The number of benzene rings is 3. The third kappa shape index (κ3) is 5.88. The van der Waals surface area contributed by atoms with Gasteiger partial charge in [0.15, 0.2) is 17.3 Å². The van der Waals surface area contributed by atoms with E-state index in [2.05, 4.69) is 20.3 Å². The van der Waals surface area contributed by atoms with Crippen molar-refractivity contribution in [2.75, 3.05) is 40.1 Å². The van der Waals surface area contributed by atoms with Crippen LogP contribution in [0.5, 0.6) is 28.2 Å². The first-order chi connectivity index (χ1) is 19.5. The standard InChI is InChI=1S/C30H30N4O5S/c1-20-6-8-23(17-26(20)39-30-31-28(32-40-30)16-21-4-3-5-24(14-21)36-2)29(35)34-12-10-33(11-13-34)18-22-7-9-25-27(15-22)38-19-37-25/h3-9,14-15,17H,10-13,16,18-19H2,1-2H3. The van der Waals surface area contributed by atoms with Gasteiger partial charge in [-0.05, 0) is 60.0 Å². The fourth-order valence-electron chi connectivity index (χ4n) is 4.84. The Balaban J connectivity index is 1.06. The Morgan fingerprint density at radius 1 is 0.975 bits per heavy atom. The number of methoxy groups -OCH3 is 1. The number of carbonyl (C=O) groups excluding carboxylic acids is 1. The molecule has 10 heteroatoms. The van der Waals surface area contributed by atoms with Crippen molar-refractivity contribution in [3.8, 4) is 28.2 Å². The van der Waals surface area contributed by atoms with Gasteiger partial charge in [0.05, 0.1) is 7.11 Å². The average molecular weight is 559 g/mol. The van der Waals surface area contributed by atoms with Crippen LogP contribution in [0.25, 0.3) is 0 Å². The molecule has 2 aliphatic heterocycles. The molecule has 0 N–H and O–H groups in total. The van der Waals surface area contributed by atoms with Gasteiger partial charge in [0.1, 0.15) is 11.5 Å². The van der Waals surface area contributed by atoms with Crippen LogP contribution in [-0.2, 0) is 13.0 Å². The number of carbonyl (C=O) groups is 1. The summed E-state index contributed by atoms with van der Waals surface area (Å²) in [6, 6.07) is 19.5. The van der Waals surface area contributed by atoms with E-state index in [-0.39, 0.29) is 12.7 Å². The van der Waals surface area contributed by atoms with E-state index in [4.69, 9.17) is 18.9 Å². The zero-order valence-electron chi connectivity index (χ0n) is 22.5. The highest BCUT2D eigenvalue weighted by molar-refractivity contribution is 7.07. The Hall–Kier alpha value is -4.15. The summed E-state index contributed by atoms with van der Waals surface area (Å²) < 4.78 is 26.7. The number of ether oxygens (including phenoxy) is 4. The molecule has 3 aromatic carbocycles. The van der Waals surface area contributed by atoms with Gasteiger partial charge >= 0.3 is 0 Å². The maximum Gasteiger partial charge on any atom is 0.298 e. The van der Waals surface area contributed by atoms with Gasteiger partial charge in [-0.15, -0.1) is 0 Å². The van der Waals surface area contributed by atoms with Gasteiger partial charge in [0.2, 0.25) is 6.79 Å². The second kappa shape index (κ2) is 11.5. The van der Waals surface area contributed by atoms with E-state index in [1.807, 2.05) is 60.4 Å². The molecule has 0 aliphatic carbocycles. The lowest BCUT2D eigenvalue weighted by Crippen LogP contribution is -2.48. The topological polar surface area (TPSA) is 86.3 Å². The second-order valence-electron chi connectivity index (χ2n) is 9.84. The zero-order valence-corrected chi connectivity index (χ0v) is 23.3. The van der Waals surface area contributed by atoms with Gasteiger partial charge in [0.25, 0.3) is 11.1 Å². The van der Waals surface area contributed by atoms with E-state index in [1.54, 1.807) is 13.2 Å². The van der Waals surface area contributed by atoms with Crippen molar-refractivity contribution in [1.29, 1.82) is 0 Å². The number of hydrogen-bond acceptors (Lipinski definition) is 9. The highest BCUT2D eigenvalue weighted by Crippen LogP contribution is 2.33. The van der Waals surface area contributed by atoms with Crippen molar-refractivity contribution in [3.63, 3.8) is 0 Å². The number of rotatable bonds is 8. The summed E-state index contributed by atoms with van der Waals surface area (Å²) in [4.78, 5) is 22.2. The van der Waals surface area contributed by atoms with Crippen LogP contribution in [0.15, 0.2) is 60.7 Å². The minimum atomic E-state index is 0.00329. The lowest BCUT2D eigenvalue weighted by molar-refractivity contribution is 0.0628. The lowest BCUT2D eigenvalue weighted by atomic mass is 10.1. The highest BCUT2D eigenvalue weighted by atomic mass is 32.1.